The molecule has 0 saturated carbocycles. The highest BCUT2D eigenvalue weighted by atomic mass is 19.1. The number of nitrogens with zero attached hydrogens (tertiary/aromatic N) is 2. The highest BCUT2D eigenvalue weighted by molar-refractivity contribution is 5.27. The average molecular weight is 261 g/mol. The van der Waals surface area contributed by atoms with Gasteiger partial charge in [0.15, 0.2) is 0 Å². The van der Waals surface area contributed by atoms with E-state index in [1.165, 1.54) is 6.07 Å². The maximum absolute atomic E-state index is 13.8. The molecule has 19 heavy (non-hydrogen) atoms. The summed E-state index contributed by atoms with van der Waals surface area (Å²) in [6.45, 7) is 4.97. The van der Waals surface area contributed by atoms with E-state index < -0.39 is 0 Å². The zero-order valence-electron chi connectivity index (χ0n) is 11.4. The Hall–Kier alpha value is -1.68. The Morgan fingerprint density at radius 2 is 2.21 bits per heavy atom. The summed E-state index contributed by atoms with van der Waals surface area (Å²) in [5.41, 5.74) is 7.71. The van der Waals surface area contributed by atoms with Gasteiger partial charge in [-0.15, -0.1) is 0 Å². The van der Waals surface area contributed by atoms with Crippen molar-refractivity contribution in [1.82, 2.24) is 9.55 Å². The minimum absolute atomic E-state index is 0.244. The Morgan fingerprint density at radius 1 is 1.42 bits per heavy atom. The molecule has 0 amide bonds. The van der Waals surface area contributed by atoms with E-state index in [2.05, 4.69) is 16.5 Å². The lowest BCUT2D eigenvalue weighted by atomic mass is 10.0. The van der Waals surface area contributed by atoms with Crippen molar-refractivity contribution in [2.45, 2.75) is 39.3 Å². The van der Waals surface area contributed by atoms with Crippen LogP contribution in [0.2, 0.25) is 0 Å². The highest BCUT2D eigenvalue weighted by Crippen LogP contribution is 2.20. The third-order valence-electron chi connectivity index (χ3n) is 3.22. The van der Waals surface area contributed by atoms with Gasteiger partial charge in [-0.3, -0.25) is 0 Å². The van der Waals surface area contributed by atoms with Crippen LogP contribution in [0.3, 0.4) is 0 Å². The molecule has 0 radical (unpaired) electrons. The first kappa shape index (κ1) is 13.7. The number of rotatable bonds is 5. The summed E-state index contributed by atoms with van der Waals surface area (Å²) in [6, 6.07) is 4.68. The smallest absolute Gasteiger partial charge is 0.128 e. The molecule has 1 aromatic heterocycles. The van der Waals surface area contributed by atoms with Gasteiger partial charge in [-0.1, -0.05) is 24.6 Å². The van der Waals surface area contributed by atoms with Crippen LogP contribution in [0.25, 0.3) is 0 Å². The van der Waals surface area contributed by atoms with E-state index in [-0.39, 0.29) is 11.9 Å². The zero-order chi connectivity index (χ0) is 13.8. The predicted molar refractivity (Wildman–Crippen MR) is 74.3 cm³/mol. The predicted octanol–water partition coefficient (Wildman–Crippen LogP) is 2.98. The van der Waals surface area contributed by atoms with Crippen LogP contribution in [0.15, 0.2) is 30.6 Å². The summed E-state index contributed by atoms with van der Waals surface area (Å²) in [7, 11) is 0. The molecular formula is C15H20FN3. The number of aryl methyl sites for hydroxylation is 2. The number of imidazole rings is 1. The summed E-state index contributed by atoms with van der Waals surface area (Å²) in [5.74, 6) is 0.668. The molecule has 2 rings (SSSR count). The third-order valence-corrected chi connectivity index (χ3v) is 3.22. The summed E-state index contributed by atoms with van der Waals surface area (Å²) in [6.07, 6.45) is 5.30. The van der Waals surface area contributed by atoms with Crippen LogP contribution in [-0.2, 0) is 13.0 Å². The van der Waals surface area contributed by atoms with Crippen LogP contribution in [0, 0.1) is 12.7 Å². The van der Waals surface area contributed by atoms with E-state index in [0.717, 1.165) is 24.4 Å². The van der Waals surface area contributed by atoms with Gasteiger partial charge < -0.3 is 10.3 Å². The van der Waals surface area contributed by atoms with Gasteiger partial charge in [0.1, 0.15) is 11.6 Å². The van der Waals surface area contributed by atoms with Crippen molar-refractivity contribution >= 4 is 0 Å². The van der Waals surface area contributed by atoms with Crippen LogP contribution < -0.4 is 5.73 Å². The van der Waals surface area contributed by atoms with Gasteiger partial charge in [0.05, 0.1) is 0 Å². The van der Waals surface area contributed by atoms with Gasteiger partial charge in [0.2, 0.25) is 0 Å². The molecule has 1 aromatic carbocycles. The van der Waals surface area contributed by atoms with Gasteiger partial charge in [0, 0.05) is 37.0 Å². The van der Waals surface area contributed by atoms with Crippen LogP contribution in [0.1, 0.15) is 36.3 Å². The van der Waals surface area contributed by atoms with Gasteiger partial charge in [0.25, 0.3) is 0 Å². The molecule has 0 fully saturated rings. The Kier molecular flexibility index (Phi) is 4.32. The van der Waals surface area contributed by atoms with Gasteiger partial charge in [-0.2, -0.15) is 0 Å². The molecule has 0 bridgehead atoms. The van der Waals surface area contributed by atoms with E-state index >= 15 is 0 Å². The molecule has 1 atom stereocenters. The van der Waals surface area contributed by atoms with Crippen molar-refractivity contribution in [2.75, 3.05) is 0 Å². The maximum Gasteiger partial charge on any atom is 0.128 e. The second-order valence-electron chi connectivity index (χ2n) is 4.87. The van der Waals surface area contributed by atoms with Crippen molar-refractivity contribution in [3.63, 3.8) is 0 Å². The minimum Gasteiger partial charge on any atom is -0.335 e. The standard InChI is InChI=1S/C15H20FN3/c1-3-7-19-8-6-18-15(19)10-14(17)12-9-11(2)4-5-13(12)16/h4-6,8-9,14H,3,7,10,17H2,1-2H3. The molecular weight excluding hydrogens is 241 g/mol. The molecule has 2 aromatic rings. The molecule has 3 nitrogen and oxygen atoms in total. The Bertz CT molecular complexity index is 548. The first-order valence-corrected chi connectivity index (χ1v) is 6.63. The monoisotopic (exact) mass is 261 g/mol. The van der Waals surface area contributed by atoms with Crippen molar-refractivity contribution in [1.29, 1.82) is 0 Å². The topological polar surface area (TPSA) is 43.8 Å². The lowest BCUT2D eigenvalue weighted by Crippen LogP contribution is -2.18. The van der Waals surface area contributed by atoms with Crippen molar-refractivity contribution in [3.05, 3.63) is 53.4 Å². The Morgan fingerprint density at radius 3 is 2.95 bits per heavy atom. The van der Waals surface area contributed by atoms with Crippen LogP contribution in [0.5, 0.6) is 0 Å². The molecule has 0 aliphatic heterocycles. The first-order chi connectivity index (χ1) is 9.11. The third kappa shape index (κ3) is 3.20. The number of nitrogens with two attached hydrogens (primary N) is 1. The molecule has 102 valence electrons. The maximum atomic E-state index is 13.8. The second-order valence-corrected chi connectivity index (χ2v) is 4.87. The summed E-state index contributed by atoms with van der Waals surface area (Å²) in [5, 5.41) is 0. The highest BCUT2D eigenvalue weighted by Gasteiger charge is 2.15. The largest absolute Gasteiger partial charge is 0.335 e. The van der Waals surface area contributed by atoms with Gasteiger partial charge >= 0.3 is 0 Å². The Balaban J connectivity index is 2.18. The van der Waals surface area contributed by atoms with Gasteiger partial charge in [-0.25, -0.2) is 9.37 Å². The zero-order valence-corrected chi connectivity index (χ0v) is 11.4. The van der Waals surface area contributed by atoms with Crippen molar-refractivity contribution in [2.24, 2.45) is 5.73 Å². The fourth-order valence-electron chi connectivity index (χ4n) is 2.23. The molecule has 0 spiro atoms. The second kappa shape index (κ2) is 5.97. The number of aromatic nitrogens is 2. The van der Waals surface area contributed by atoms with E-state index in [4.69, 9.17) is 5.73 Å². The molecule has 0 aliphatic carbocycles. The fourth-order valence-corrected chi connectivity index (χ4v) is 2.23. The fraction of sp³-hybridized carbons (Fsp3) is 0.400. The molecule has 1 heterocycles. The number of hydrogen-bond donors (Lipinski definition) is 1. The Labute approximate surface area is 113 Å². The van der Waals surface area contributed by atoms with Gasteiger partial charge in [-0.05, 0) is 19.4 Å². The quantitative estimate of drug-likeness (QED) is 0.899. The van der Waals surface area contributed by atoms with E-state index in [9.17, 15) is 4.39 Å². The SMILES string of the molecule is CCCn1ccnc1CC(N)c1cc(C)ccc1F. The number of hydrogen-bond acceptors (Lipinski definition) is 2. The minimum atomic E-state index is -0.363. The molecule has 2 N–H and O–H groups in total. The first-order valence-electron chi connectivity index (χ1n) is 6.63. The molecule has 4 heteroatoms. The normalized spacial score (nSPS) is 12.6. The van der Waals surface area contributed by atoms with Crippen LogP contribution in [-0.4, -0.2) is 9.55 Å². The molecule has 0 saturated heterocycles. The van der Waals surface area contributed by atoms with Crippen molar-refractivity contribution < 1.29 is 4.39 Å². The average Bonchev–Trinajstić information content (AvgIpc) is 2.80. The van der Waals surface area contributed by atoms with E-state index in [1.54, 1.807) is 12.3 Å². The lowest BCUT2D eigenvalue weighted by molar-refractivity contribution is 0.557. The summed E-state index contributed by atoms with van der Waals surface area (Å²) >= 11 is 0. The summed E-state index contributed by atoms with van der Waals surface area (Å²) < 4.78 is 15.9. The van der Waals surface area contributed by atoms with Crippen molar-refractivity contribution in [3.8, 4) is 0 Å². The summed E-state index contributed by atoms with van der Waals surface area (Å²) in [4.78, 5) is 4.31. The number of benzene rings is 1. The van der Waals surface area contributed by atoms with E-state index in [1.807, 2.05) is 19.2 Å². The van der Waals surface area contributed by atoms with E-state index in [0.29, 0.717) is 12.0 Å². The molecule has 0 aliphatic rings. The lowest BCUT2D eigenvalue weighted by Gasteiger charge is -2.14. The number of halogens is 1. The molecule has 1 unspecified atom stereocenters. The van der Waals surface area contributed by atoms with Crippen LogP contribution in [0.4, 0.5) is 4.39 Å². The van der Waals surface area contributed by atoms with Crippen LogP contribution >= 0.6 is 0 Å².